The van der Waals surface area contributed by atoms with Gasteiger partial charge in [0.1, 0.15) is 12.4 Å². The second-order valence-electron chi connectivity index (χ2n) is 5.02. The second kappa shape index (κ2) is 7.48. The number of nitrogens with two attached hydrogens (primary N) is 1. The molecule has 0 unspecified atom stereocenters. The lowest BCUT2D eigenvalue weighted by atomic mass is 10.1. The molecule has 0 amide bonds. The first kappa shape index (κ1) is 14.3. The smallest absolute Gasteiger partial charge is 0.119 e. The first-order valence-electron chi connectivity index (χ1n) is 6.99. The van der Waals surface area contributed by atoms with Crippen LogP contribution in [0, 0.1) is 0 Å². The summed E-state index contributed by atoms with van der Waals surface area (Å²) in [7, 11) is 2.16. The summed E-state index contributed by atoms with van der Waals surface area (Å²) in [6, 6.07) is 8.62. The number of benzene rings is 1. The summed E-state index contributed by atoms with van der Waals surface area (Å²) in [4.78, 5) is 2.37. The van der Waals surface area contributed by atoms with E-state index in [1.54, 1.807) is 0 Å². The van der Waals surface area contributed by atoms with E-state index in [1.807, 2.05) is 24.3 Å². The molecule has 19 heavy (non-hydrogen) atoms. The first-order chi connectivity index (χ1) is 9.29. The molecule has 1 aromatic rings. The van der Waals surface area contributed by atoms with Crippen LogP contribution in [0.5, 0.6) is 5.75 Å². The van der Waals surface area contributed by atoms with Gasteiger partial charge in [0.15, 0.2) is 0 Å². The lowest BCUT2D eigenvalue weighted by Gasteiger charge is -2.31. The van der Waals surface area contributed by atoms with Crippen molar-refractivity contribution in [1.29, 1.82) is 0 Å². The van der Waals surface area contributed by atoms with Crippen LogP contribution in [0.25, 0.3) is 0 Å². The van der Waals surface area contributed by atoms with Crippen molar-refractivity contribution < 1.29 is 9.47 Å². The van der Waals surface area contributed by atoms with Crippen molar-refractivity contribution >= 4 is 0 Å². The van der Waals surface area contributed by atoms with Crippen molar-refractivity contribution in [3.05, 3.63) is 29.8 Å². The van der Waals surface area contributed by atoms with Crippen LogP contribution in [-0.2, 0) is 11.3 Å². The van der Waals surface area contributed by atoms with Crippen LogP contribution in [0.15, 0.2) is 24.3 Å². The summed E-state index contributed by atoms with van der Waals surface area (Å²) < 4.78 is 11.2. The third-order valence-corrected chi connectivity index (χ3v) is 3.66. The Balaban J connectivity index is 1.72. The summed E-state index contributed by atoms with van der Waals surface area (Å²) in [6.07, 6.45) is 2.25. The average Bonchev–Trinajstić information content (AvgIpc) is 2.48. The van der Waals surface area contributed by atoms with Gasteiger partial charge in [-0.05, 0) is 37.6 Å². The fraction of sp³-hybridized carbons (Fsp3) is 0.600. The fourth-order valence-corrected chi connectivity index (χ4v) is 2.38. The second-order valence-corrected chi connectivity index (χ2v) is 5.02. The van der Waals surface area contributed by atoms with E-state index >= 15 is 0 Å². The Labute approximate surface area is 115 Å². The van der Waals surface area contributed by atoms with E-state index in [-0.39, 0.29) is 0 Å². The monoisotopic (exact) mass is 264 g/mol. The number of rotatable bonds is 6. The number of likely N-dealkylation sites (N-methyl/N-ethyl adjacent to an activating group) is 1. The predicted octanol–water partition coefficient (Wildman–Crippen LogP) is 1.63. The maximum atomic E-state index is 5.78. The largest absolute Gasteiger partial charge is 0.492 e. The van der Waals surface area contributed by atoms with E-state index in [2.05, 4.69) is 11.9 Å². The number of ether oxygens (including phenoxy) is 2. The average molecular weight is 264 g/mol. The van der Waals surface area contributed by atoms with Gasteiger partial charge >= 0.3 is 0 Å². The van der Waals surface area contributed by atoms with E-state index in [0.29, 0.717) is 19.2 Å². The van der Waals surface area contributed by atoms with Crippen molar-refractivity contribution in [1.82, 2.24) is 4.90 Å². The maximum absolute atomic E-state index is 5.78. The molecule has 4 heteroatoms. The number of hydrogen-bond donors (Lipinski definition) is 1. The van der Waals surface area contributed by atoms with Gasteiger partial charge in [-0.1, -0.05) is 12.1 Å². The number of nitrogens with zero attached hydrogens (tertiary/aromatic N) is 1. The molecular formula is C15H24N2O2. The van der Waals surface area contributed by atoms with Crippen molar-refractivity contribution in [2.45, 2.75) is 25.4 Å². The Kier molecular flexibility index (Phi) is 5.63. The molecule has 1 heterocycles. The standard InChI is InChI=1S/C15H24N2O2/c1-17(14-5-8-18-9-6-14)7-10-19-15-4-2-3-13(11-15)12-16/h2-4,11,14H,5-10,12,16H2,1H3. The van der Waals surface area contributed by atoms with Gasteiger partial charge in [0.25, 0.3) is 0 Å². The lowest BCUT2D eigenvalue weighted by Crippen LogP contribution is -2.38. The number of hydrogen-bond acceptors (Lipinski definition) is 4. The Hall–Kier alpha value is -1.10. The Morgan fingerprint density at radius 1 is 1.37 bits per heavy atom. The van der Waals surface area contributed by atoms with Gasteiger partial charge in [0.05, 0.1) is 0 Å². The fourth-order valence-electron chi connectivity index (χ4n) is 2.38. The molecule has 1 aliphatic heterocycles. The molecule has 0 spiro atoms. The minimum Gasteiger partial charge on any atom is -0.492 e. The quantitative estimate of drug-likeness (QED) is 0.848. The van der Waals surface area contributed by atoms with Crippen LogP contribution in [-0.4, -0.2) is 44.4 Å². The molecule has 1 aromatic carbocycles. The lowest BCUT2D eigenvalue weighted by molar-refractivity contribution is 0.0392. The van der Waals surface area contributed by atoms with Crippen molar-refractivity contribution in [3.8, 4) is 5.75 Å². The van der Waals surface area contributed by atoms with Gasteiger partial charge < -0.3 is 15.2 Å². The Morgan fingerprint density at radius 2 is 2.16 bits per heavy atom. The summed E-state index contributed by atoms with van der Waals surface area (Å²) >= 11 is 0. The summed E-state index contributed by atoms with van der Waals surface area (Å²) in [5.74, 6) is 0.906. The Bertz CT molecular complexity index is 378. The van der Waals surface area contributed by atoms with E-state index in [4.69, 9.17) is 15.2 Å². The van der Waals surface area contributed by atoms with E-state index < -0.39 is 0 Å². The highest BCUT2D eigenvalue weighted by molar-refractivity contribution is 5.28. The van der Waals surface area contributed by atoms with Crippen LogP contribution in [0.2, 0.25) is 0 Å². The van der Waals surface area contributed by atoms with Gasteiger partial charge in [-0.15, -0.1) is 0 Å². The zero-order valence-electron chi connectivity index (χ0n) is 11.7. The normalized spacial score (nSPS) is 16.8. The topological polar surface area (TPSA) is 47.7 Å². The molecule has 0 bridgehead atoms. The molecule has 2 rings (SSSR count). The summed E-state index contributed by atoms with van der Waals surface area (Å²) in [5.41, 5.74) is 6.72. The molecular weight excluding hydrogens is 240 g/mol. The SMILES string of the molecule is CN(CCOc1cccc(CN)c1)C1CCOCC1. The predicted molar refractivity (Wildman–Crippen MR) is 76.3 cm³/mol. The van der Waals surface area contributed by atoms with E-state index in [1.165, 1.54) is 0 Å². The van der Waals surface area contributed by atoms with E-state index in [9.17, 15) is 0 Å². The molecule has 0 atom stereocenters. The first-order valence-corrected chi connectivity index (χ1v) is 6.99. The van der Waals surface area contributed by atoms with Crippen LogP contribution >= 0.6 is 0 Å². The highest BCUT2D eigenvalue weighted by Gasteiger charge is 2.17. The molecule has 0 aliphatic carbocycles. The molecule has 0 saturated carbocycles. The third-order valence-electron chi connectivity index (χ3n) is 3.66. The molecule has 0 radical (unpaired) electrons. The van der Waals surface area contributed by atoms with Crippen LogP contribution < -0.4 is 10.5 Å². The minimum absolute atomic E-state index is 0.555. The molecule has 1 aliphatic rings. The highest BCUT2D eigenvalue weighted by atomic mass is 16.5. The highest BCUT2D eigenvalue weighted by Crippen LogP contribution is 2.14. The summed E-state index contributed by atoms with van der Waals surface area (Å²) in [5, 5.41) is 0. The Morgan fingerprint density at radius 3 is 2.89 bits per heavy atom. The van der Waals surface area contributed by atoms with Gasteiger partial charge in [0.2, 0.25) is 0 Å². The molecule has 1 fully saturated rings. The minimum atomic E-state index is 0.555. The van der Waals surface area contributed by atoms with Crippen LogP contribution in [0.3, 0.4) is 0 Å². The zero-order valence-corrected chi connectivity index (χ0v) is 11.7. The maximum Gasteiger partial charge on any atom is 0.119 e. The van der Waals surface area contributed by atoms with Crippen LogP contribution in [0.4, 0.5) is 0 Å². The van der Waals surface area contributed by atoms with Gasteiger partial charge in [0, 0.05) is 32.3 Å². The van der Waals surface area contributed by atoms with Crippen molar-refractivity contribution in [3.63, 3.8) is 0 Å². The zero-order chi connectivity index (χ0) is 13.5. The van der Waals surface area contributed by atoms with Crippen molar-refractivity contribution in [2.75, 3.05) is 33.4 Å². The molecule has 106 valence electrons. The van der Waals surface area contributed by atoms with Gasteiger partial charge in [-0.25, -0.2) is 0 Å². The molecule has 1 saturated heterocycles. The third kappa shape index (κ3) is 4.49. The molecule has 2 N–H and O–H groups in total. The molecule has 0 aromatic heterocycles. The van der Waals surface area contributed by atoms with Gasteiger partial charge in [-0.3, -0.25) is 4.90 Å². The van der Waals surface area contributed by atoms with Gasteiger partial charge in [-0.2, -0.15) is 0 Å². The van der Waals surface area contributed by atoms with E-state index in [0.717, 1.165) is 43.9 Å². The van der Waals surface area contributed by atoms with Crippen LogP contribution in [0.1, 0.15) is 18.4 Å². The molecule has 4 nitrogen and oxygen atoms in total. The summed E-state index contributed by atoms with van der Waals surface area (Å²) in [6.45, 7) is 3.97. The van der Waals surface area contributed by atoms with Crippen molar-refractivity contribution in [2.24, 2.45) is 5.73 Å².